The van der Waals surface area contributed by atoms with Crippen LogP contribution < -0.4 is 5.14 Å². The average Bonchev–Trinajstić information content (AvgIpc) is 2.23. The summed E-state index contributed by atoms with van der Waals surface area (Å²) in [7, 11) is -2.44. The Bertz CT molecular complexity index is 611. The van der Waals surface area contributed by atoms with Gasteiger partial charge in [-0.25, -0.2) is 17.9 Å². The monoisotopic (exact) mass is 286 g/mol. The van der Waals surface area contributed by atoms with Crippen molar-refractivity contribution in [1.29, 1.82) is 0 Å². The van der Waals surface area contributed by atoms with Gasteiger partial charge in [-0.1, -0.05) is 0 Å². The fourth-order valence-electron chi connectivity index (χ4n) is 2.01. The molecule has 1 amide bonds. The third-order valence-electron chi connectivity index (χ3n) is 3.43. The quantitative estimate of drug-likeness (QED) is 0.903. The van der Waals surface area contributed by atoms with Crippen molar-refractivity contribution in [2.75, 3.05) is 7.05 Å². The van der Waals surface area contributed by atoms with E-state index in [-0.39, 0.29) is 17.5 Å². The maximum absolute atomic E-state index is 13.6. The number of carbonyl (C=O) groups is 1. The van der Waals surface area contributed by atoms with Gasteiger partial charge in [0.1, 0.15) is 10.7 Å². The van der Waals surface area contributed by atoms with Gasteiger partial charge in [0.05, 0.1) is 0 Å². The molecule has 1 aliphatic rings. The van der Waals surface area contributed by atoms with Crippen LogP contribution in [0.3, 0.4) is 0 Å². The predicted octanol–water partition coefficient (Wildman–Crippen LogP) is 1.10. The molecule has 2 N–H and O–H groups in total. The zero-order valence-corrected chi connectivity index (χ0v) is 11.3. The minimum absolute atomic E-state index is 0.124. The molecule has 1 aliphatic carbocycles. The third kappa shape index (κ3) is 2.76. The molecule has 1 aromatic rings. The Morgan fingerprint density at radius 3 is 2.47 bits per heavy atom. The van der Waals surface area contributed by atoms with Gasteiger partial charge in [0, 0.05) is 18.7 Å². The number of hydrogen-bond donors (Lipinski definition) is 1. The molecule has 0 aliphatic heterocycles. The van der Waals surface area contributed by atoms with Crippen LogP contribution in [0.15, 0.2) is 23.1 Å². The molecule has 7 heteroatoms. The van der Waals surface area contributed by atoms with Crippen molar-refractivity contribution in [3.8, 4) is 0 Å². The molecule has 0 atom stereocenters. The van der Waals surface area contributed by atoms with E-state index in [0.29, 0.717) is 0 Å². The molecule has 0 radical (unpaired) electrons. The van der Waals surface area contributed by atoms with Crippen LogP contribution in [0.2, 0.25) is 0 Å². The first kappa shape index (κ1) is 14.0. The highest BCUT2D eigenvalue weighted by Gasteiger charge is 2.27. The highest BCUT2D eigenvalue weighted by atomic mass is 32.2. The van der Waals surface area contributed by atoms with Gasteiger partial charge >= 0.3 is 0 Å². The van der Waals surface area contributed by atoms with Gasteiger partial charge in [0.2, 0.25) is 10.0 Å². The number of nitrogens with two attached hydrogens (primary N) is 1. The highest BCUT2D eigenvalue weighted by Crippen LogP contribution is 2.25. The van der Waals surface area contributed by atoms with Crippen molar-refractivity contribution in [3.05, 3.63) is 29.6 Å². The van der Waals surface area contributed by atoms with Gasteiger partial charge in [-0.15, -0.1) is 0 Å². The minimum Gasteiger partial charge on any atom is -0.339 e. The molecule has 1 saturated carbocycles. The SMILES string of the molecule is CN(C(=O)c1ccc(S(N)(=O)=O)c(F)c1)C1CCC1. The first-order chi connectivity index (χ1) is 8.80. The van der Waals surface area contributed by atoms with E-state index in [2.05, 4.69) is 0 Å². The van der Waals surface area contributed by atoms with Gasteiger partial charge in [-0.05, 0) is 37.5 Å². The summed E-state index contributed by atoms with van der Waals surface area (Å²) in [4.78, 5) is 13.0. The van der Waals surface area contributed by atoms with E-state index in [0.717, 1.165) is 31.4 Å². The topological polar surface area (TPSA) is 80.5 Å². The van der Waals surface area contributed by atoms with Gasteiger partial charge in [-0.2, -0.15) is 0 Å². The van der Waals surface area contributed by atoms with Crippen molar-refractivity contribution >= 4 is 15.9 Å². The van der Waals surface area contributed by atoms with Gasteiger partial charge in [0.15, 0.2) is 0 Å². The number of rotatable bonds is 3. The summed E-state index contributed by atoms with van der Waals surface area (Å²) in [5.41, 5.74) is 0.124. The van der Waals surface area contributed by atoms with Crippen LogP contribution in [0.25, 0.3) is 0 Å². The zero-order valence-electron chi connectivity index (χ0n) is 10.5. The van der Waals surface area contributed by atoms with E-state index in [1.807, 2.05) is 0 Å². The van der Waals surface area contributed by atoms with E-state index < -0.39 is 20.7 Å². The molecule has 0 bridgehead atoms. The highest BCUT2D eigenvalue weighted by molar-refractivity contribution is 7.89. The van der Waals surface area contributed by atoms with Crippen molar-refractivity contribution in [2.24, 2.45) is 5.14 Å². The Hall–Kier alpha value is -1.47. The lowest BCUT2D eigenvalue weighted by atomic mass is 9.91. The molecule has 0 saturated heterocycles. The summed E-state index contributed by atoms with van der Waals surface area (Å²) in [6, 6.07) is 3.40. The minimum atomic E-state index is -4.11. The van der Waals surface area contributed by atoms with Crippen LogP contribution in [0, 0.1) is 5.82 Å². The van der Waals surface area contributed by atoms with E-state index in [1.165, 1.54) is 6.07 Å². The van der Waals surface area contributed by atoms with Crippen LogP contribution >= 0.6 is 0 Å². The van der Waals surface area contributed by atoms with Gasteiger partial charge < -0.3 is 4.90 Å². The summed E-state index contributed by atoms with van der Waals surface area (Å²) >= 11 is 0. The van der Waals surface area contributed by atoms with Crippen molar-refractivity contribution in [1.82, 2.24) is 4.90 Å². The smallest absolute Gasteiger partial charge is 0.253 e. The Labute approximate surface area is 111 Å². The predicted molar refractivity (Wildman–Crippen MR) is 67.5 cm³/mol. The Morgan fingerprint density at radius 2 is 2.05 bits per heavy atom. The van der Waals surface area contributed by atoms with Gasteiger partial charge in [-0.3, -0.25) is 4.79 Å². The first-order valence-electron chi connectivity index (χ1n) is 5.90. The standard InChI is InChI=1S/C12H15FN2O3S/c1-15(9-3-2-4-9)12(16)8-5-6-11(10(13)7-8)19(14,17)18/h5-7,9H,2-4H2,1H3,(H2,14,17,18). The van der Waals surface area contributed by atoms with Crippen molar-refractivity contribution < 1.29 is 17.6 Å². The largest absolute Gasteiger partial charge is 0.339 e. The summed E-state index contributed by atoms with van der Waals surface area (Å²) < 4.78 is 35.8. The molecule has 5 nitrogen and oxygen atoms in total. The molecule has 1 fully saturated rings. The van der Waals surface area contributed by atoms with Gasteiger partial charge in [0.25, 0.3) is 5.91 Å². The normalized spacial score (nSPS) is 15.9. The summed E-state index contributed by atoms with van der Waals surface area (Å²) in [5.74, 6) is -1.32. The number of amides is 1. The summed E-state index contributed by atoms with van der Waals surface area (Å²) in [5, 5.41) is 4.86. The molecule has 104 valence electrons. The molecular formula is C12H15FN2O3S. The molecular weight excluding hydrogens is 271 g/mol. The third-order valence-corrected chi connectivity index (χ3v) is 4.37. The van der Waals surface area contributed by atoms with Crippen LogP contribution in [-0.4, -0.2) is 32.3 Å². The first-order valence-corrected chi connectivity index (χ1v) is 7.45. The maximum Gasteiger partial charge on any atom is 0.253 e. The van der Waals surface area contributed by atoms with Crippen LogP contribution in [0.1, 0.15) is 29.6 Å². The van der Waals surface area contributed by atoms with E-state index >= 15 is 0 Å². The van der Waals surface area contributed by atoms with Crippen molar-refractivity contribution in [2.45, 2.75) is 30.2 Å². The molecule has 19 heavy (non-hydrogen) atoms. The van der Waals surface area contributed by atoms with Crippen LogP contribution in [0.5, 0.6) is 0 Å². The molecule has 0 aromatic heterocycles. The maximum atomic E-state index is 13.6. The second-order valence-corrected chi connectivity index (χ2v) is 6.22. The number of primary sulfonamides is 1. The lowest BCUT2D eigenvalue weighted by Crippen LogP contribution is -2.41. The average molecular weight is 286 g/mol. The van der Waals surface area contributed by atoms with E-state index in [1.54, 1.807) is 11.9 Å². The molecule has 0 spiro atoms. The fourth-order valence-corrected chi connectivity index (χ4v) is 2.60. The molecule has 2 rings (SSSR count). The summed E-state index contributed by atoms with van der Waals surface area (Å²) in [6.07, 6.45) is 2.97. The second kappa shape index (κ2) is 4.90. The lowest BCUT2D eigenvalue weighted by Gasteiger charge is -2.34. The molecule has 0 heterocycles. The fraction of sp³-hybridized carbons (Fsp3) is 0.417. The number of benzene rings is 1. The van der Waals surface area contributed by atoms with Crippen LogP contribution in [-0.2, 0) is 10.0 Å². The number of nitrogens with zero attached hydrogens (tertiary/aromatic N) is 1. The van der Waals surface area contributed by atoms with Crippen molar-refractivity contribution in [3.63, 3.8) is 0 Å². The van der Waals surface area contributed by atoms with Crippen LogP contribution in [0.4, 0.5) is 4.39 Å². The van der Waals surface area contributed by atoms with E-state index in [9.17, 15) is 17.6 Å². The zero-order chi connectivity index (χ0) is 14.2. The summed E-state index contributed by atoms with van der Waals surface area (Å²) in [6.45, 7) is 0. The Kier molecular flexibility index (Phi) is 3.60. The number of sulfonamides is 1. The molecule has 0 unspecified atom stereocenters. The second-order valence-electron chi connectivity index (χ2n) is 4.69. The Morgan fingerprint density at radius 1 is 1.42 bits per heavy atom. The Balaban J connectivity index is 2.27. The number of hydrogen-bond acceptors (Lipinski definition) is 3. The molecule has 1 aromatic carbocycles. The van der Waals surface area contributed by atoms with E-state index in [4.69, 9.17) is 5.14 Å². The lowest BCUT2D eigenvalue weighted by molar-refractivity contribution is 0.0651. The number of carbonyl (C=O) groups excluding carboxylic acids is 1. The number of halogens is 1.